The molecule has 0 aliphatic carbocycles. The Hall–Kier alpha value is -2.77. The van der Waals surface area contributed by atoms with Gasteiger partial charge in [-0.25, -0.2) is 0 Å². The Labute approximate surface area is 566 Å². The van der Waals surface area contributed by atoms with Crippen molar-refractivity contribution in [1.29, 1.82) is 0 Å². The molecule has 3 fully saturated rings. The van der Waals surface area contributed by atoms with E-state index in [4.69, 9.17) is 28.4 Å². The third-order valence-electron chi connectivity index (χ3n) is 18.3. The van der Waals surface area contributed by atoms with E-state index in [1.54, 1.807) is 0 Å². The number of unbranched alkanes of at least 4 members (excludes halogenated alkanes) is 29. The van der Waals surface area contributed by atoms with Crippen LogP contribution in [0.25, 0.3) is 0 Å². The van der Waals surface area contributed by atoms with Crippen LogP contribution in [0.1, 0.15) is 264 Å². The first-order valence-electron chi connectivity index (χ1n) is 37.2. The van der Waals surface area contributed by atoms with Crippen molar-refractivity contribution in [3.8, 4) is 0 Å². The van der Waals surface area contributed by atoms with Gasteiger partial charge in [-0.3, -0.25) is 4.79 Å². The van der Waals surface area contributed by atoms with Gasteiger partial charge in [0.25, 0.3) is 0 Å². The fraction of sp³-hybridized carbons (Fsp3) is 0.827. The predicted octanol–water partition coefficient (Wildman–Crippen LogP) is 10.9. The number of allylic oxidation sites excluding steroid dienone is 12. The minimum absolute atomic E-state index is 0.243. The van der Waals surface area contributed by atoms with Crippen molar-refractivity contribution < 1.29 is 89.4 Å². The number of amides is 1. The van der Waals surface area contributed by atoms with Gasteiger partial charge in [-0.15, -0.1) is 0 Å². The van der Waals surface area contributed by atoms with Crippen LogP contribution in [0.4, 0.5) is 0 Å². The van der Waals surface area contributed by atoms with Gasteiger partial charge < -0.3 is 89.9 Å². The molecular weight excluding hydrogens is 1200 g/mol. The van der Waals surface area contributed by atoms with E-state index in [2.05, 4.69) is 92.1 Å². The molecule has 0 aromatic heterocycles. The molecule has 94 heavy (non-hydrogen) atoms. The van der Waals surface area contributed by atoms with Crippen LogP contribution in [0.2, 0.25) is 0 Å². The molecule has 17 unspecified atom stereocenters. The second-order valence-corrected chi connectivity index (χ2v) is 26.4. The minimum atomic E-state index is -1.97. The maximum atomic E-state index is 13.4. The number of rotatable bonds is 57. The van der Waals surface area contributed by atoms with E-state index >= 15 is 0 Å². The topological polar surface area (TPSA) is 307 Å². The van der Waals surface area contributed by atoms with Crippen LogP contribution in [0.15, 0.2) is 72.9 Å². The van der Waals surface area contributed by atoms with Gasteiger partial charge in [-0.05, 0) is 64.2 Å². The SMILES string of the molecule is CC/C=C\C/C=C\C/C=C\C/C=C\C/C=C\C/C=C\CCCCCCCCCCCCCCCCCCC(=O)NC(COC1OC(CO)C(OC2OC(CO)C(OC3OC(CO)C(O)C(O)C3O)C(O)C2O)C(O)C1O)C(O)CCCCCCCCCCCCCCCC. The second-order valence-electron chi connectivity index (χ2n) is 26.4. The molecule has 3 rings (SSSR count). The average Bonchev–Trinajstić information content (AvgIpc) is 0.792. The number of ether oxygens (including phenoxy) is 6. The molecule has 3 heterocycles. The van der Waals surface area contributed by atoms with Gasteiger partial charge in [0.2, 0.25) is 5.91 Å². The highest BCUT2D eigenvalue weighted by atomic mass is 16.8. The van der Waals surface area contributed by atoms with Crippen LogP contribution in [0.5, 0.6) is 0 Å². The van der Waals surface area contributed by atoms with E-state index < -0.39 is 124 Å². The van der Waals surface area contributed by atoms with E-state index in [9.17, 15) is 61.0 Å². The molecule has 0 spiro atoms. The Balaban J connectivity index is 1.33. The number of carbonyl (C=O) groups is 1. The van der Waals surface area contributed by atoms with Gasteiger partial charge in [-0.2, -0.15) is 0 Å². The molecule has 3 saturated heterocycles. The second kappa shape index (κ2) is 56.0. The Kier molecular flexibility index (Phi) is 50.9. The van der Waals surface area contributed by atoms with Gasteiger partial charge in [-0.1, -0.05) is 267 Å². The first-order chi connectivity index (χ1) is 45.8. The highest BCUT2D eigenvalue weighted by Gasteiger charge is 2.53. The molecule has 19 heteroatoms. The van der Waals surface area contributed by atoms with Crippen LogP contribution in [-0.2, 0) is 33.2 Å². The van der Waals surface area contributed by atoms with Crippen molar-refractivity contribution in [3.63, 3.8) is 0 Å². The Bertz CT molecular complexity index is 1980. The summed E-state index contributed by atoms with van der Waals surface area (Å²) in [5.74, 6) is -0.243. The number of nitrogens with one attached hydrogen (secondary N) is 1. The molecule has 0 radical (unpaired) electrons. The van der Waals surface area contributed by atoms with Crippen LogP contribution in [0, 0.1) is 0 Å². The van der Waals surface area contributed by atoms with Crippen molar-refractivity contribution in [2.45, 2.75) is 369 Å². The lowest BCUT2D eigenvalue weighted by atomic mass is 9.96. The highest BCUT2D eigenvalue weighted by molar-refractivity contribution is 5.76. The van der Waals surface area contributed by atoms with E-state index in [0.717, 1.165) is 83.5 Å². The molecule has 12 N–H and O–H groups in total. The third-order valence-corrected chi connectivity index (χ3v) is 18.3. The van der Waals surface area contributed by atoms with Crippen LogP contribution < -0.4 is 5.32 Å². The summed E-state index contributed by atoms with van der Waals surface area (Å²) in [5, 5.41) is 121. The number of hydrogen-bond acceptors (Lipinski definition) is 18. The van der Waals surface area contributed by atoms with Crippen LogP contribution in [0.3, 0.4) is 0 Å². The number of hydrogen-bond donors (Lipinski definition) is 12. The molecule has 3 aliphatic rings. The lowest BCUT2D eigenvalue weighted by molar-refractivity contribution is -0.379. The fourth-order valence-electron chi connectivity index (χ4n) is 12.3. The average molecular weight is 1340 g/mol. The molecule has 0 bridgehead atoms. The Morgan fingerprint density at radius 1 is 0.394 bits per heavy atom. The van der Waals surface area contributed by atoms with E-state index in [-0.39, 0.29) is 18.9 Å². The molecule has 0 saturated carbocycles. The standard InChI is InChI=1S/C75H133NO18/c1-3-5-7-9-11-13-15-17-19-20-21-22-23-24-25-26-27-28-29-30-31-32-33-34-35-36-37-38-39-41-43-45-47-49-51-53-63(81)76-58(59(80)52-50-48-46-44-42-40-18-16-14-12-10-8-6-4-2)57-89-73-69(87)66(84)71(61(55-78)91-73)94-75-70(88)67(85)72(62(56-79)92-75)93-74-68(86)65(83)64(82)60(54-77)90-74/h5,7,11,13,17,19,21-22,24-25,27-28,58-62,64-75,77-80,82-88H,3-4,6,8-10,12,14-16,18,20,23,26,29-57H2,1-2H3,(H,76,81)/b7-5-,13-11-,19-17-,22-21-,25-24-,28-27-. The van der Waals surface area contributed by atoms with Crippen molar-refractivity contribution in [2.75, 3.05) is 26.4 Å². The molecule has 0 aromatic carbocycles. The van der Waals surface area contributed by atoms with Crippen LogP contribution >= 0.6 is 0 Å². The maximum absolute atomic E-state index is 13.4. The summed E-state index contributed by atoms with van der Waals surface area (Å²) in [6, 6.07) is -0.889. The Morgan fingerprint density at radius 2 is 0.734 bits per heavy atom. The zero-order chi connectivity index (χ0) is 68.2. The van der Waals surface area contributed by atoms with Crippen molar-refractivity contribution in [3.05, 3.63) is 72.9 Å². The fourth-order valence-corrected chi connectivity index (χ4v) is 12.3. The van der Waals surface area contributed by atoms with Gasteiger partial charge in [0.05, 0.1) is 38.6 Å². The zero-order valence-corrected chi connectivity index (χ0v) is 57.9. The summed E-state index contributed by atoms with van der Waals surface area (Å²) in [5.41, 5.74) is 0. The number of aliphatic hydroxyl groups is 11. The summed E-state index contributed by atoms with van der Waals surface area (Å²) < 4.78 is 34.4. The van der Waals surface area contributed by atoms with Gasteiger partial charge in [0.1, 0.15) is 73.2 Å². The highest BCUT2D eigenvalue weighted by Crippen LogP contribution is 2.33. The van der Waals surface area contributed by atoms with Crippen molar-refractivity contribution in [2.24, 2.45) is 0 Å². The lowest BCUT2D eigenvalue weighted by Gasteiger charge is -2.48. The number of carbonyl (C=O) groups excluding carboxylic acids is 1. The molecule has 1 amide bonds. The first-order valence-corrected chi connectivity index (χ1v) is 37.2. The largest absolute Gasteiger partial charge is 0.394 e. The summed E-state index contributed by atoms with van der Waals surface area (Å²) >= 11 is 0. The van der Waals surface area contributed by atoms with Gasteiger partial charge >= 0.3 is 0 Å². The normalized spacial score (nSPS) is 27.8. The molecule has 3 aliphatic heterocycles. The smallest absolute Gasteiger partial charge is 0.220 e. The summed E-state index contributed by atoms with van der Waals surface area (Å²) in [4.78, 5) is 13.4. The monoisotopic (exact) mass is 1340 g/mol. The Morgan fingerprint density at radius 3 is 1.15 bits per heavy atom. The van der Waals surface area contributed by atoms with E-state index in [1.807, 2.05) is 0 Å². The van der Waals surface area contributed by atoms with Crippen molar-refractivity contribution in [1.82, 2.24) is 5.32 Å². The minimum Gasteiger partial charge on any atom is -0.394 e. The molecule has 0 aromatic rings. The first kappa shape index (κ1) is 85.5. The molecular formula is C75H133NO18. The van der Waals surface area contributed by atoms with Gasteiger partial charge in [0.15, 0.2) is 18.9 Å². The molecule has 546 valence electrons. The van der Waals surface area contributed by atoms with E-state index in [1.165, 1.54) is 148 Å². The van der Waals surface area contributed by atoms with Crippen molar-refractivity contribution >= 4 is 5.91 Å². The summed E-state index contributed by atoms with van der Waals surface area (Å²) in [7, 11) is 0. The summed E-state index contributed by atoms with van der Waals surface area (Å²) in [6.07, 6.45) is 44.2. The third kappa shape index (κ3) is 36.9. The van der Waals surface area contributed by atoms with Crippen LogP contribution in [-0.4, -0.2) is 193 Å². The summed E-state index contributed by atoms with van der Waals surface area (Å²) in [6.45, 7) is 1.69. The van der Waals surface area contributed by atoms with E-state index in [0.29, 0.717) is 12.8 Å². The van der Waals surface area contributed by atoms with Gasteiger partial charge in [0, 0.05) is 6.42 Å². The molecule has 19 nitrogen and oxygen atoms in total. The number of aliphatic hydroxyl groups excluding tert-OH is 11. The zero-order valence-electron chi connectivity index (χ0n) is 57.9. The maximum Gasteiger partial charge on any atom is 0.220 e. The quantitative estimate of drug-likeness (QED) is 0.0199. The predicted molar refractivity (Wildman–Crippen MR) is 369 cm³/mol. The molecule has 17 atom stereocenters. The lowest BCUT2D eigenvalue weighted by Crippen LogP contribution is -2.66.